The fourth-order valence-electron chi connectivity index (χ4n) is 3.25. The summed E-state index contributed by atoms with van der Waals surface area (Å²) < 4.78 is 32.4. The maximum atomic E-state index is 12.8. The number of hydrogen-bond acceptors (Lipinski definition) is 8. The predicted molar refractivity (Wildman–Crippen MR) is 113 cm³/mol. The van der Waals surface area contributed by atoms with E-state index < -0.39 is 15.9 Å². The number of aromatic nitrogens is 2. The van der Waals surface area contributed by atoms with Crippen LogP contribution in [0, 0.1) is 0 Å². The zero-order valence-electron chi connectivity index (χ0n) is 17.9. The lowest BCUT2D eigenvalue weighted by Gasteiger charge is -2.21. The van der Waals surface area contributed by atoms with Crippen molar-refractivity contribution in [1.29, 1.82) is 0 Å². The zero-order valence-corrected chi connectivity index (χ0v) is 18.7. The molecule has 3 rings (SSSR count). The highest BCUT2D eigenvalue weighted by atomic mass is 32.2. The minimum absolute atomic E-state index is 0.0114. The molecule has 2 aromatic rings. The van der Waals surface area contributed by atoms with Crippen molar-refractivity contribution < 1.29 is 27.2 Å². The van der Waals surface area contributed by atoms with Gasteiger partial charge in [0, 0.05) is 31.5 Å². The maximum absolute atomic E-state index is 12.8. The lowest BCUT2D eigenvalue weighted by molar-refractivity contribution is -0.139. The molecule has 2 heterocycles. The summed E-state index contributed by atoms with van der Waals surface area (Å²) in [7, 11) is -3.64. The molecule has 12 heteroatoms. The van der Waals surface area contributed by atoms with Gasteiger partial charge < -0.3 is 4.42 Å². The lowest BCUT2D eigenvalue weighted by Crippen LogP contribution is -2.32. The van der Waals surface area contributed by atoms with Crippen LogP contribution in [-0.2, 0) is 26.2 Å². The first-order valence-electron chi connectivity index (χ1n) is 10.3. The molecule has 0 spiro atoms. The van der Waals surface area contributed by atoms with E-state index in [0.29, 0.717) is 25.9 Å². The van der Waals surface area contributed by atoms with Crippen molar-refractivity contribution in [2.45, 2.75) is 51.0 Å². The third-order valence-corrected chi connectivity index (χ3v) is 6.75. The Labute approximate surface area is 185 Å². The Morgan fingerprint density at radius 1 is 1.06 bits per heavy atom. The van der Waals surface area contributed by atoms with Crippen molar-refractivity contribution in [1.82, 2.24) is 19.4 Å². The SMILES string of the molecule is CCCN(CCC)S(=O)(=O)c1ccc(C(=O)Nc2nnc(CN3C(=O)CCC3=O)o2)cc1. The number of sulfonamides is 1. The van der Waals surface area contributed by atoms with Gasteiger partial charge in [-0.05, 0) is 37.1 Å². The summed E-state index contributed by atoms with van der Waals surface area (Å²) in [6.07, 6.45) is 1.70. The molecule has 1 aromatic heterocycles. The van der Waals surface area contributed by atoms with E-state index >= 15 is 0 Å². The minimum atomic E-state index is -3.64. The minimum Gasteiger partial charge on any atom is -0.406 e. The number of anilines is 1. The van der Waals surface area contributed by atoms with Gasteiger partial charge in [0.2, 0.25) is 27.7 Å². The Bertz CT molecular complexity index is 1070. The van der Waals surface area contributed by atoms with Crippen LogP contribution < -0.4 is 5.32 Å². The first-order valence-corrected chi connectivity index (χ1v) is 11.8. The smallest absolute Gasteiger partial charge is 0.322 e. The molecule has 32 heavy (non-hydrogen) atoms. The van der Waals surface area contributed by atoms with Gasteiger partial charge in [0.05, 0.1) is 4.90 Å². The van der Waals surface area contributed by atoms with Gasteiger partial charge in [-0.1, -0.05) is 18.9 Å². The molecule has 0 unspecified atom stereocenters. The third-order valence-electron chi connectivity index (χ3n) is 4.84. The normalized spacial score (nSPS) is 14.4. The molecule has 1 N–H and O–H groups in total. The fraction of sp³-hybridized carbons (Fsp3) is 0.450. The van der Waals surface area contributed by atoms with Crippen LogP contribution in [0.1, 0.15) is 55.8 Å². The van der Waals surface area contributed by atoms with Crippen LogP contribution in [0.15, 0.2) is 33.6 Å². The molecule has 0 radical (unpaired) electrons. The number of likely N-dealkylation sites (tertiary alicyclic amines) is 1. The summed E-state index contributed by atoms with van der Waals surface area (Å²) in [6.45, 7) is 4.52. The largest absolute Gasteiger partial charge is 0.406 e. The molecule has 1 aromatic carbocycles. The van der Waals surface area contributed by atoms with Crippen LogP contribution in [0.4, 0.5) is 6.01 Å². The van der Waals surface area contributed by atoms with Crippen molar-refractivity contribution in [2.75, 3.05) is 18.4 Å². The van der Waals surface area contributed by atoms with E-state index in [1.807, 2.05) is 13.8 Å². The van der Waals surface area contributed by atoms with Gasteiger partial charge in [0.1, 0.15) is 6.54 Å². The molecule has 1 aliphatic heterocycles. The van der Waals surface area contributed by atoms with E-state index in [9.17, 15) is 22.8 Å². The summed E-state index contributed by atoms with van der Waals surface area (Å²) in [4.78, 5) is 36.9. The average Bonchev–Trinajstić information content (AvgIpc) is 3.35. The molecule has 11 nitrogen and oxygen atoms in total. The average molecular weight is 464 g/mol. The second kappa shape index (κ2) is 10.0. The number of amides is 3. The monoisotopic (exact) mass is 463 g/mol. The number of benzene rings is 1. The molecular weight excluding hydrogens is 438 g/mol. The van der Waals surface area contributed by atoms with Gasteiger partial charge >= 0.3 is 6.01 Å². The molecule has 0 saturated carbocycles. The Balaban J connectivity index is 1.66. The number of imide groups is 1. The Morgan fingerprint density at radius 2 is 1.66 bits per heavy atom. The second-order valence-electron chi connectivity index (χ2n) is 7.26. The van der Waals surface area contributed by atoms with Gasteiger partial charge in [-0.3, -0.25) is 24.6 Å². The van der Waals surface area contributed by atoms with Crippen LogP contribution in [0.3, 0.4) is 0 Å². The number of nitrogens with one attached hydrogen (secondary N) is 1. The lowest BCUT2D eigenvalue weighted by atomic mass is 10.2. The quantitative estimate of drug-likeness (QED) is 0.525. The highest BCUT2D eigenvalue weighted by Gasteiger charge is 2.30. The first kappa shape index (κ1) is 23.5. The third kappa shape index (κ3) is 5.19. The number of hydrogen-bond donors (Lipinski definition) is 1. The molecule has 0 bridgehead atoms. The van der Waals surface area contributed by atoms with Gasteiger partial charge in [-0.2, -0.15) is 4.31 Å². The van der Waals surface area contributed by atoms with Crippen molar-refractivity contribution in [3.63, 3.8) is 0 Å². The molecule has 1 fully saturated rings. The zero-order chi connectivity index (χ0) is 23.3. The Morgan fingerprint density at radius 3 is 2.22 bits per heavy atom. The summed E-state index contributed by atoms with van der Waals surface area (Å²) in [5.41, 5.74) is 0.200. The van der Waals surface area contributed by atoms with Crippen molar-refractivity contribution in [3.05, 3.63) is 35.7 Å². The van der Waals surface area contributed by atoms with Crippen molar-refractivity contribution in [3.8, 4) is 0 Å². The van der Waals surface area contributed by atoms with E-state index in [4.69, 9.17) is 4.42 Å². The number of rotatable bonds is 10. The summed E-state index contributed by atoms with van der Waals surface area (Å²) >= 11 is 0. The first-order chi connectivity index (χ1) is 15.3. The van der Waals surface area contributed by atoms with Gasteiger partial charge in [0.15, 0.2) is 0 Å². The van der Waals surface area contributed by atoms with Crippen molar-refractivity contribution in [2.24, 2.45) is 0 Å². The van der Waals surface area contributed by atoms with Crippen LogP contribution >= 0.6 is 0 Å². The molecule has 172 valence electrons. The second-order valence-corrected chi connectivity index (χ2v) is 9.20. The van der Waals surface area contributed by atoms with Gasteiger partial charge in [-0.25, -0.2) is 8.42 Å². The molecule has 1 aliphatic rings. The van der Waals surface area contributed by atoms with Crippen molar-refractivity contribution >= 4 is 33.8 Å². The standard InChI is InChI=1S/C20H25N5O6S/c1-3-11-24(12-4-2)32(29,30)15-7-5-14(6-8-15)19(28)21-20-23-22-16(31-20)13-25-17(26)9-10-18(25)27/h5-8H,3-4,9-13H2,1-2H3,(H,21,23,28). The molecule has 0 atom stereocenters. The van der Waals surface area contributed by atoms with E-state index in [1.165, 1.54) is 28.6 Å². The van der Waals surface area contributed by atoms with Crippen LogP contribution in [0.25, 0.3) is 0 Å². The number of carbonyl (C=O) groups excluding carboxylic acids is 3. The highest BCUT2D eigenvalue weighted by Crippen LogP contribution is 2.19. The fourth-order valence-corrected chi connectivity index (χ4v) is 4.87. The van der Waals surface area contributed by atoms with Crippen LogP contribution in [-0.4, -0.2) is 58.6 Å². The number of carbonyl (C=O) groups is 3. The van der Waals surface area contributed by atoms with E-state index in [2.05, 4.69) is 15.5 Å². The predicted octanol–water partition coefficient (Wildman–Crippen LogP) is 1.78. The molecular formula is C20H25N5O6S. The van der Waals surface area contributed by atoms with E-state index in [1.54, 1.807) is 0 Å². The number of nitrogens with zero attached hydrogens (tertiary/aromatic N) is 4. The summed E-state index contributed by atoms with van der Waals surface area (Å²) in [6, 6.07) is 5.37. The molecule has 3 amide bonds. The highest BCUT2D eigenvalue weighted by molar-refractivity contribution is 7.89. The Kier molecular flexibility index (Phi) is 7.36. The summed E-state index contributed by atoms with van der Waals surface area (Å²) in [5, 5.41) is 9.85. The van der Waals surface area contributed by atoms with Gasteiger partial charge in [-0.15, -0.1) is 5.10 Å². The topological polar surface area (TPSA) is 143 Å². The molecule has 0 aliphatic carbocycles. The maximum Gasteiger partial charge on any atom is 0.322 e. The van der Waals surface area contributed by atoms with E-state index in [0.717, 1.165) is 4.90 Å². The Hall–Kier alpha value is -3.12. The van der Waals surface area contributed by atoms with Gasteiger partial charge in [0.25, 0.3) is 5.91 Å². The summed E-state index contributed by atoms with van der Waals surface area (Å²) in [5.74, 6) is -1.19. The molecule has 1 saturated heterocycles. The van der Waals surface area contributed by atoms with Crippen LogP contribution in [0.2, 0.25) is 0 Å². The van der Waals surface area contributed by atoms with Crippen LogP contribution in [0.5, 0.6) is 0 Å². The van der Waals surface area contributed by atoms with E-state index in [-0.39, 0.29) is 53.6 Å².